The largest absolute Gasteiger partial charge is 0.0736 e. The van der Waals surface area contributed by atoms with Crippen LogP contribution in [-0.2, 0) is 0 Å². The van der Waals surface area contributed by atoms with Crippen molar-refractivity contribution < 1.29 is 0 Å². The quantitative estimate of drug-likeness (QED) is 0.522. The molecule has 0 atom stereocenters. The van der Waals surface area contributed by atoms with E-state index in [2.05, 4.69) is 39.8 Å². The van der Waals surface area contributed by atoms with Gasteiger partial charge in [-0.05, 0) is 26.7 Å². The van der Waals surface area contributed by atoms with Gasteiger partial charge in [0.2, 0.25) is 0 Å². The highest BCUT2D eigenvalue weighted by atomic mass is 13.9. The average Bonchev–Trinajstić information content (AvgIpc) is 1.99. The Labute approximate surface area is 64.6 Å². The Morgan fingerprint density at radius 1 is 0.900 bits per heavy atom. The van der Waals surface area contributed by atoms with E-state index in [0.717, 1.165) is 12.8 Å². The number of rotatable bonds is 3. The molecule has 0 radical (unpaired) electrons. The van der Waals surface area contributed by atoms with Crippen molar-refractivity contribution in [3.05, 3.63) is 23.3 Å². The average molecular weight is 138 g/mol. The summed E-state index contributed by atoms with van der Waals surface area (Å²) in [5, 5.41) is 0. The fourth-order valence-electron chi connectivity index (χ4n) is 0.520. The van der Waals surface area contributed by atoms with Crippen LogP contribution in [-0.4, -0.2) is 0 Å². The third-order valence-electron chi connectivity index (χ3n) is 1.77. The van der Waals surface area contributed by atoms with Gasteiger partial charge >= 0.3 is 0 Å². The van der Waals surface area contributed by atoms with Crippen molar-refractivity contribution in [2.45, 2.75) is 40.5 Å². The Kier molecular flexibility index (Phi) is 5.00. The molecule has 0 heteroatoms. The molecule has 0 bridgehead atoms. The zero-order valence-corrected chi connectivity index (χ0v) is 7.57. The zero-order valence-electron chi connectivity index (χ0n) is 7.57. The summed E-state index contributed by atoms with van der Waals surface area (Å²) in [6, 6.07) is 0. The molecule has 10 heavy (non-hydrogen) atoms. The van der Waals surface area contributed by atoms with Crippen LogP contribution in [0.4, 0.5) is 0 Å². The molecule has 0 amide bonds. The molecule has 0 spiro atoms. The second-order valence-corrected chi connectivity index (χ2v) is 2.73. The Bertz CT molecular complexity index is 120. The van der Waals surface area contributed by atoms with E-state index in [9.17, 15) is 0 Å². The monoisotopic (exact) mass is 138 g/mol. The predicted molar refractivity (Wildman–Crippen MR) is 48.1 cm³/mol. The molecular formula is C10H18. The van der Waals surface area contributed by atoms with Gasteiger partial charge in [-0.15, -0.1) is 0 Å². The third-order valence-corrected chi connectivity index (χ3v) is 1.77. The first-order valence-electron chi connectivity index (χ1n) is 4.03. The van der Waals surface area contributed by atoms with E-state index in [0.29, 0.717) is 0 Å². The Morgan fingerprint density at radius 3 is 1.40 bits per heavy atom. The maximum atomic E-state index is 2.21. The van der Waals surface area contributed by atoms with Gasteiger partial charge in [-0.2, -0.15) is 0 Å². The molecule has 0 unspecified atom stereocenters. The van der Waals surface area contributed by atoms with E-state index >= 15 is 0 Å². The molecule has 0 aromatic rings. The lowest BCUT2D eigenvalue weighted by atomic mass is 10.1. The van der Waals surface area contributed by atoms with Crippen LogP contribution < -0.4 is 0 Å². The maximum Gasteiger partial charge on any atom is -0.0349 e. The first-order chi connectivity index (χ1) is 4.70. The lowest BCUT2D eigenvalue weighted by Crippen LogP contribution is -1.71. The van der Waals surface area contributed by atoms with Gasteiger partial charge in [0, 0.05) is 0 Å². The van der Waals surface area contributed by atoms with Crippen LogP contribution in [0.25, 0.3) is 0 Å². The summed E-state index contributed by atoms with van der Waals surface area (Å²) in [5.41, 5.74) is 2.90. The minimum absolute atomic E-state index is 1.16. The molecule has 0 aliphatic carbocycles. The van der Waals surface area contributed by atoms with Gasteiger partial charge in [0.15, 0.2) is 0 Å². The Balaban J connectivity index is 3.91. The number of hydrogen-bond donors (Lipinski definition) is 0. The van der Waals surface area contributed by atoms with E-state index in [4.69, 9.17) is 0 Å². The molecule has 0 heterocycles. The fraction of sp³-hybridized carbons (Fsp3) is 0.600. The van der Waals surface area contributed by atoms with E-state index in [-0.39, 0.29) is 0 Å². The highest BCUT2D eigenvalue weighted by Crippen LogP contribution is 2.02. The lowest BCUT2D eigenvalue weighted by Gasteiger charge is -1.92. The highest BCUT2D eigenvalue weighted by molar-refractivity contribution is 5.14. The highest BCUT2D eigenvalue weighted by Gasteiger charge is 1.81. The van der Waals surface area contributed by atoms with Gasteiger partial charge in [-0.1, -0.05) is 37.1 Å². The smallest absolute Gasteiger partial charge is 0.0349 e. The molecule has 0 N–H and O–H groups in total. The van der Waals surface area contributed by atoms with Gasteiger partial charge in [0.25, 0.3) is 0 Å². The predicted octanol–water partition coefficient (Wildman–Crippen LogP) is 3.70. The molecule has 58 valence electrons. The number of hydrogen-bond acceptors (Lipinski definition) is 0. The standard InChI is InChI=1S/C10H18/c1-5-9(3)7-8-10(4)6-2/h7-8H,5-6H2,1-4H3. The van der Waals surface area contributed by atoms with Crippen molar-refractivity contribution in [2.75, 3.05) is 0 Å². The molecule has 0 aromatic carbocycles. The maximum absolute atomic E-state index is 2.21. The summed E-state index contributed by atoms with van der Waals surface area (Å²) in [6.07, 6.45) is 6.73. The van der Waals surface area contributed by atoms with Gasteiger partial charge in [0.1, 0.15) is 0 Å². The summed E-state index contributed by atoms with van der Waals surface area (Å²) < 4.78 is 0. The van der Waals surface area contributed by atoms with Gasteiger partial charge in [-0.25, -0.2) is 0 Å². The summed E-state index contributed by atoms with van der Waals surface area (Å²) in [6.45, 7) is 8.70. The summed E-state index contributed by atoms with van der Waals surface area (Å²) in [7, 11) is 0. The topological polar surface area (TPSA) is 0 Å². The van der Waals surface area contributed by atoms with Crippen molar-refractivity contribution in [3.8, 4) is 0 Å². The van der Waals surface area contributed by atoms with Crippen LogP contribution in [0.1, 0.15) is 40.5 Å². The van der Waals surface area contributed by atoms with Gasteiger partial charge in [0.05, 0.1) is 0 Å². The molecule has 0 aliphatic rings. The molecule has 0 nitrogen and oxygen atoms in total. The minimum Gasteiger partial charge on any atom is -0.0736 e. The van der Waals surface area contributed by atoms with Crippen molar-refractivity contribution in [1.29, 1.82) is 0 Å². The first-order valence-corrected chi connectivity index (χ1v) is 4.03. The van der Waals surface area contributed by atoms with Crippen LogP contribution in [0, 0.1) is 0 Å². The molecule has 0 aromatic heterocycles. The molecule has 0 aliphatic heterocycles. The second kappa shape index (κ2) is 5.28. The fourth-order valence-corrected chi connectivity index (χ4v) is 0.520. The molecule has 0 saturated carbocycles. The SMILES string of the molecule is CCC(C)=CC=C(C)CC. The third kappa shape index (κ3) is 4.37. The molecule has 0 rings (SSSR count). The van der Waals surface area contributed by atoms with Gasteiger partial charge < -0.3 is 0 Å². The molecule has 0 saturated heterocycles. The Hall–Kier alpha value is -0.520. The van der Waals surface area contributed by atoms with Crippen LogP contribution in [0.5, 0.6) is 0 Å². The van der Waals surface area contributed by atoms with Crippen LogP contribution in [0.2, 0.25) is 0 Å². The number of allylic oxidation sites excluding steroid dienone is 4. The summed E-state index contributed by atoms with van der Waals surface area (Å²) in [4.78, 5) is 0. The van der Waals surface area contributed by atoms with Crippen LogP contribution in [0.3, 0.4) is 0 Å². The summed E-state index contributed by atoms with van der Waals surface area (Å²) in [5.74, 6) is 0. The van der Waals surface area contributed by atoms with Crippen molar-refractivity contribution in [1.82, 2.24) is 0 Å². The molecular weight excluding hydrogens is 120 g/mol. The lowest BCUT2D eigenvalue weighted by molar-refractivity contribution is 1.08. The van der Waals surface area contributed by atoms with E-state index in [1.54, 1.807) is 0 Å². The molecule has 0 fully saturated rings. The van der Waals surface area contributed by atoms with Crippen LogP contribution >= 0.6 is 0 Å². The summed E-state index contributed by atoms with van der Waals surface area (Å²) >= 11 is 0. The second-order valence-electron chi connectivity index (χ2n) is 2.73. The van der Waals surface area contributed by atoms with E-state index in [1.165, 1.54) is 11.1 Å². The van der Waals surface area contributed by atoms with Gasteiger partial charge in [-0.3, -0.25) is 0 Å². The zero-order chi connectivity index (χ0) is 7.98. The van der Waals surface area contributed by atoms with Crippen molar-refractivity contribution in [3.63, 3.8) is 0 Å². The first kappa shape index (κ1) is 9.48. The Morgan fingerprint density at radius 2 is 1.20 bits per heavy atom. The normalized spacial score (nSPS) is 14.0. The van der Waals surface area contributed by atoms with Crippen LogP contribution in [0.15, 0.2) is 23.3 Å². The minimum atomic E-state index is 1.16. The van der Waals surface area contributed by atoms with Crippen molar-refractivity contribution in [2.24, 2.45) is 0 Å². The van der Waals surface area contributed by atoms with E-state index < -0.39 is 0 Å². The van der Waals surface area contributed by atoms with Crippen molar-refractivity contribution >= 4 is 0 Å². The van der Waals surface area contributed by atoms with E-state index in [1.807, 2.05) is 0 Å².